The third kappa shape index (κ3) is 28.4. The monoisotopic (exact) mass is 1190 g/mol. The Hall–Kier alpha value is -9.36. The number of carboxylic acids is 1. The first-order valence-electron chi connectivity index (χ1n) is 28.8. The van der Waals surface area contributed by atoms with Crippen molar-refractivity contribution in [2.45, 2.75) is 154 Å². The van der Waals surface area contributed by atoms with Gasteiger partial charge in [-0.1, -0.05) is 140 Å². The molecule has 0 fully saturated rings. The number of ketones is 2. The van der Waals surface area contributed by atoms with Crippen LogP contribution >= 0.6 is 0 Å². The van der Waals surface area contributed by atoms with Crippen LogP contribution in [-0.2, 0) is 72.0 Å². The van der Waals surface area contributed by atoms with Gasteiger partial charge in [-0.05, 0) is 164 Å². The van der Waals surface area contributed by atoms with E-state index in [0.29, 0.717) is 56.9 Å². The maximum atomic E-state index is 13.1. The van der Waals surface area contributed by atoms with Gasteiger partial charge < -0.3 is 57.5 Å². The molecular weight excluding hydrogens is 1110 g/mol. The number of alkyl carbamates (subject to hydrolysis) is 2. The van der Waals surface area contributed by atoms with Gasteiger partial charge in [0, 0.05) is 12.0 Å². The lowest BCUT2D eigenvalue weighted by atomic mass is 9.96. The summed E-state index contributed by atoms with van der Waals surface area (Å²) in [5, 5.41) is 46.3. The van der Waals surface area contributed by atoms with E-state index in [1.807, 2.05) is 103 Å². The smallest absolute Gasteiger partial charge is 0.408 e. The van der Waals surface area contributed by atoms with Gasteiger partial charge in [0.1, 0.15) is 40.6 Å². The predicted octanol–water partition coefficient (Wildman–Crippen LogP) is 9.00. The molecule has 87 heavy (non-hydrogen) atoms. The molecule has 0 saturated heterocycles. The summed E-state index contributed by atoms with van der Waals surface area (Å²) in [5.74, 6) is -1.92. The molecule has 0 bridgehead atoms. The molecule has 6 aromatic rings. The molecule has 12 N–H and O–H groups in total. The van der Waals surface area contributed by atoms with E-state index in [1.54, 1.807) is 90.1 Å². The van der Waals surface area contributed by atoms with Crippen LogP contribution in [0.15, 0.2) is 164 Å². The van der Waals surface area contributed by atoms with Gasteiger partial charge in [-0.3, -0.25) is 24.6 Å². The Morgan fingerprint density at radius 2 is 0.839 bits per heavy atom. The van der Waals surface area contributed by atoms with Crippen molar-refractivity contribution in [2.75, 3.05) is 0 Å². The first-order chi connectivity index (χ1) is 41.1. The normalized spacial score (nSPS) is 12.7. The summed E-state index contributed by atoms with van der Waals surface area (Å²) in [6, 6.07) is 45.2. The number of ether oxygens (including phenoxy) is 2. The first kappa shape index (κ1) is 70.1. The van der Waals surface area contributed by atoms with Crippen molar-refractivity contribution < 1.29 is 58.4 Å². The summed E-state index contributed by atoms with van der Waals surface area (Å²) in [7, 11) is 0. The minimum atomic E-state index is -1.06. The number of phenolic OH excluding ortho intramolecular Hbond substituents is 2. The highest BCUT2D eigenvalue weighted by atomic mass is 16.6. The Bertz CT molecular complexity index is 3130. The fourth-order valence-corrected chi connectivity index (χ4v) is 8.56. The molecule has 0 aliphatic heterocycles. The maximum Gasteiger partial charge on any atom is 0.408 e. The van der Waals surface area contributed by atoms with Gasteiger partial charge in [0.2, 0.25) is 11.8 Å². The van der Waals surface area contributed by atoms with Crippen molar-refractivity contribution in [1.29, 1.82) is 5.41 Å². The number of amidine groups is 1. The van der Waals surface area contributed by atoms with E-state index in [9.17, 15) is 43.8 Å². The summed E-state index contributed by atoms with van der Waals surface area (Å²) in [6.07, 6.45) is 2.87. The number of carbonyl (C=O) groups is 7. The van der Waals surface area contributed by atoms with Crippen LogP contribution in [0.2, 0.25) is 0 Å². The fraction of sp³-hybridized carbons (Fsp3) is 0.353. The highest BCUT2D eigenvalue weighted by Crippen LogP contribution is 2.17. The van der Waals surface area contributed by atoms with Gasteiger partial charge in [0.15, 0.2) is 11.6 Å². The zero-order chi connectivity index (χ0) is 64.1. The molecule has 5 atom stereocenters. The molecule has 0 unspecified atom stereocenters. The van der Waals surface area contributed by atoms with Crippen molar-refractivity contribution in [2.24, 2.45) is 11.5 Å². The number of carbonyl (C=O) groups excluding carboxylic acids is 6. The number of amides is 4. The molecule has 0 saturated carbocycles. The number of carboxylic acid groups (broad SMARTS) is 1. The minimum absolute atomic E-state index is 0.00657. The van der Waals surface area contributed by atoms with E-state index < -0.39 is 65.5 Å². The van der Waals surface area contributed by atoms with E-state index in [2.05, 4.69) is 21.3 Å². The summed E-state index contributed by atoms with van der Waals surface area (Å²) < 4.78 is 10.4. The number of aliphatic carboxylic acids is 1. The van der Waals surface area contributed by atoms with Crippen LogP contribution in [0.25, 0.3) is 0 Å². The van der Waals surface area contributed by atoms with Gasteiger partial charge in [0.25, 0.3) is 0 Å². The van der Waals surface area contributed by atoms with E-state index in [4.69, 9.17) is 31.5 Å². The zero-order valence-electron chi connectivity index (χ0n) is 50.7. The lowest BCUT2D eigenvalue weighted by Gasteiger charge is -2.25. The summed E-state index contributed by atoms with van der Waals surface area (Å²) >= 11 is 0. The average Bonchev–Trinajstić information content (AvgIpc) is 3.64. The van der Waals surface area contributed by atoms with Crippen LogP contribution in [0.1, 0.15) is 113 Å². The Kier molecular flexibility index (Phi) is 28.4. The number of aromatic hydroxyl groups is 2. The molecule has 0 heterocycles. The molecule has 0 spiro atoms. The summed E-state index contributed by atoms with van der Waals surface area (Å²) in [5.41, 5.74) is 16.6. The lowest BCUT2D eigenvalue weighted by molar-refractivity contribution is -0.139. The SMILES string of the molecule is CC(=O)[C@H](Cc1ccc(O)cc1)NC(=O)[C@@H](CCc1ccccc1)NC(=O)OC(C)(C)C.CC(C)(C)OC(=O)N[C@H](CCc1ccccc1)C(=O)O.N=C(N)c1ccc(CCC(=O)[C@H](Cc2ccc(O)cc2)NC(=O)[C@H](N)CCc2ccccc2)cc1. The Labute approximate surface area is 510 Å². The third-order valence-corrected chi connectivity index (χ3v) is 13.2. The molecule has 464 valence electrons. The number of nitrogens with two attached hydrogens (primary N) is 2. The molecule has 19 heteroatoms. The zero-order valence-corrected chi connectivity index (χ0v) is 50.7. The molecular formula is C68H85N7O12. The van der Waals surface area contributed by atoms with Crippen LogP contribution in [0, 0.1) is 5.41 Å². The second-order valence-corrected chi connectivity index (χ2v) is 23.0. The van der Waals surface area contributed by atoms with Crippen molar-refractivity contribution in [3.05, 3.63) is 203 Å². The number of aryl methyl sites for hydroxylation is 4. The number of hydrogen-bond donors (Lipinski definition) is 10. The number of Topliss-reactive ketones (excluding diaryl/α,β-unsaturated/α-hetero) is 2. The van der Waals surface area contributed by atoms with Crippen molar-refractivity contribution >= 4 is 47.4 Å². The highest BCUT2D eigenvalue weighted by molar-refractivity contribution is 5.95. The summed E-state index contributed by atoms with van der Waals surface area (Å²) in [6.45, 7) is 11.8. The molecule has 0 aliphatic rings. The van der Waals surface area contributed by atoms with E-state index in [1.165, 1.54) is 19.1 Å². The van der Waals surface area contributed by atoms with E-state index in [0.717, 1.165) is 33.4 Å². The van der Waals surface area contributed by atoms with Gasteiger partial charge in [-0.2, -0.15) is 0 Å². The van der Waals surface area contributed by atoms with Crippen LogP contribution in [0.5, 0.6) is 11.5 Å². The number of nitrogen functional groups attached to an aromatic ring is 1. The maximum absolute atomic E-state index is 13.1. The molecule has 6 rings (SSSR count). The second kappa shape index (κ2) is 35.2. The second-order valence-electron chi connectivity index (χ2n) is 23.0. The van der Waals surface area contributed by atoms with Gasteiger partial charge in [-0.15, -0.1) is 0 Å². The number of hydrogen-bond acceptors (Lipinski definition) is 13. The topological polar surface area (TPSA) is 323 Å². The van der Waals surface area contributed by atoms with Gasteiger partial charge >= 0.3 is 18.2 Å². The number of nitrogens with one attached hydrogen (secondary N) is 5. The molecule has 0 radical (unpaired) electrons. The third-order valence-electron chi connectivity index (χ3n) is 13.2. The van der Waals surface area contributed by atoms with Gasteiger partial charge in [0.05, 0.1) is 18.1 Å². The van der Waals surface area contributed by atoms with Crippen molar-refractivity contribution in [1.82, 2.24) is 21.3 Å². The first-order valence-corrected chi connectivity index (χ1v) is 28.8. The van der Waals surface area contributed by atoms with Crippen LogP contribution in [0.3, 0.4) is 0 Å². The standard InChI is InChI=1S/C28H32N4O3.C25H32N2O5.C15H21NO4/c29-24(16-10-19-4-2-1-3-5-19)28(35)32-25(18-21-8-14-23(33)15-9-21)26(34)17-11-20-6-12-22(13-7-20)27(30)31;1-17(28)22(16-19-10-13-20(29)14-11-19)26-23(30)21(27-24(31)32-25(2,3)4)15-12-18-8-6-5-7-9-18;1-15(2,3)20-14(19)16-12(13(17)18)10-9-11-7-5-4-6-8-11/h1-9,12-15,24-25,33H,10-11,16-18,29H2,(H3,30,31)(H,32,35);5-11,13-14,21-22,29H,12,15-16H2,1-4H3,(H,26,30)(H,27,31);4-8,12H,9-10H2,1-3H3,(H,16,19)(H,17,18)/t24-,25+;21-,22+;12-/m111/s1. The molecule has 19 nitrogen and oxygen atoms in total. The molecule has 4 amide bonds. The van der Waals surface area contributed by atoms with Gasteiger partial charge in [-0.25, -0.2) is 14.4 Å². The van der Waals surface area contributed by atoms with Crippen LogP contribution in [-0.4, -0.2) is 104 Å². The predicted molar refractivity (Wildman–Crippen MR) is 335 cm³/mol. The number of phenols is 2. The van der Waals surface area contributed by atoms with Crippen molar-refractivity contribution in [3.63, 3.8) is 0 Å². The van der Waals surface area contributed by atoms with E-state index >= 15 is 0 Å². The molecule has 0 aromatic heterocycles. The Morgan fingerprint density at radius 3 is 1.24 bits per heavy atom. The highest BCUT2D eigenvalue weighted by Gasteiger charge is 2.29. The van der Waals surface area contributed by atoms with Crippen molar-refractivity contribution in [3.8, 4) is 11.5 Å². The summed E-state index contributed by atoms with van der Waals surface area (Å²) in [4.78, 5) is 86.3. The Morgan fingerprint density at radius 1 is 0.471 bits per heavy atom. The van der Waals surface area contributed by atoms with E-state index in [-0.39, 0.29) is 47.6 Å². The van der Waals surface area contributed by atoms with Crippen LogP contribution < -0.4 is 32.7 Å². The molecule has 6 aromatic carbocycles. The minimum Gasteiger partial charge on any atom is -0.508 e. The fourth-order valence-electron chi connectivity index (χ4n) is 8.56. The Balaban J connectivity index is 0.000000290. The largest absolute Gasteiger partial charge is 0.508 e. The van der Waals surface area contributed by atoms with Crippen LogP contribution in [0.4, 0.5) is 9.59 Å². The molecule has 0 aliphatic carbocycles. The lowest BCUT2D eigenvalue weighted by Crippen LogP contribution is -2.52. The average molecular weight is 1190 g/mol. The number of rotatable bonds is 26. The quantitative estimate of drug-likeness (QED) is 0.0179. The number of benzene rings is 6.